The zero-order chi connectivity index (χ0) is 18.4. The molecule has 0 fully saturated rings. The lowest BCUT2D eigenvalue weighted by Gasteiger charge is -2.15. The normalized spacial score (nSPS) is 11.2. The quantitative estimate of drug-likeness (QED) is 0.468. The van der Waals surface area contributed by atoms with Gasteiger partial charge in [0.1, 0.15) is 11.9 Å². The highest BCUT2D eigenvalue weighted by Crippen LogP contribution is 2.24. The number of nitrogens with two attached hydrogens (primary N) is 1. The van der Waals surface area contributed by atoms with Crippen LogP contribution in [0.5, 0.6) is 0 Å². The van der Waals surface area contributed by atoms with Gasteiger partial charge in [-0.2, -0.15) is 0 Å². The number of aryl methyl sites for hydroxylation is 1. The third-order valence-corrected chi connectivity index (χ3v) is 3.87. The van der Waals surface area contributed by atoms with Crippen molar-refractivity contribution in [3.8, 4) is 11.1 Å². The van der Waals surface area contributed by atoms with Crippen LogP contribution in [0.4, 0.5) is 4.39 Å². The number of hydrogen-bond acceptors (Lipinski definition) is 4. The smallest absolute Gasteiger partial charge is 0.267 e. The first kappa shape index (κ1) is 21.3. The predicted molar refractivity (Wildman–Crippen MR) is 98.2 cm³/mol. The largest absolute Gasteiger partial charge is 0.339 e. The summed E-state index contributed by atoms with van der Waals surface area (Å²) in [5.74, 6) is -2.05. The van der Waals surface area contributed by atoms with Gasteiger partial charge in [0.15, 0.2) is 0 Å². The molecule has 0 saturated heterocycles. The first-order valence-electron chi connectivity index (χ1n) is 7.83. The highest BCUT2D eigenvalue weighted by Gasteiger charge is 2.20. The zero-order valence-corrected chi connectivity index (χ0v) is 13.8. The molecule has 6 nitrogen and oxygen atoms in total. The lowest BCUT2D eigenvalue weighted by molar-refractivity contribution is -0.130. The van der Waals surface area contributed by atoms with E-state index in [4.69, 9.17) is 10.9 Å². The number of halogens is 1. The van der Waals surface area contributed by atoms with Gasteiger partial charge in [-0.25, -0.2) is 9.87 Å². The molecule has 0 aliphatic heterocycles. The van der Waals surface area contributed by atoms with Gasteiger partial charge in [0.2, 0.25) is 0 Å². The summed E-state index contributed by atoms with van der Waals surface area (Å²) < 4.78 is 14.4. The van der Waals surface area contributed by atoms with Crippen LogP contribution in [0.1, 0.15) is 30.3 Å². The molecule has 0 aromatic heterocycles. The molecule has 0 aliphatic rings. The number of amides is 2. The Morgan fingerprint density at radius 3 is 2.35 bits per heavy atom. The Morgan fingerprint density at radius 1 is 1.19 bits per heavy atom. The zero-order valence-electron chi connectivity index (χ0n) is 13.8. The molecule has 0 heterocycles. The Labute approximate surface area is 152 Å². The molecule has 140 valence electrons. The van der Waals surface area contributed by atoms with Crippen LogP contribution >= 0.6 is 0 Å². The van der Waals surface area contributed by atoms with Crippen molar-refractivity contribution in [1.29, 1.82) is 0 Å². The highest BCUT2D eigenvalue weighted by molar-refractivity contribution is 5.97. The molecule has 0 spiro atoms. The molecule has 2 aromatic carbocycles. The monoisotopic (exact) mass is 361 g/mol. The standard InChI is InChI=1S/C18H20FN3O3.CH4/c1-2-11-3-5-12(6-4-11)14-8-7-13(9-15(14)19)17(23)21-16(10-20)18(24)22-25;/h3-9,16,25H,2,10,20H2,1H3,(H,21,23)(H,22,24);1H4/t16-;/m0./s1. The number of benzene rings is 2. The summed E-state index contributed by atoms with van der Waals surface area (Å²) in [6.45, 7) is 1.83. The van der Waals surface area contributed by atoms with E-state index in [2.05, 4.69) is 5.32 Å². The SMILES string of the molecule is C.CCc1ccc(-c2ccc(C(=O)N[C@@H](CN)C(=O)NO)cc2F)cc1. The molecule has 7 heteroatoms. The Hall–Kier alpha value is -2.77. The highest BCUT2D eigenvalue weighted by atomic mass is 19.1. The van der Waals surface area contributed by atoms with Gasteiger partial charge < -0.3 is 11.1 Å². The third kappa shape index (κ3) is 4.87. The maximum absolute atomic E-state index is 14.4. The van der Waals surface area contributed by atoms with Gasteiger partial charge in [-0.05, 0) is 29.7 Å². The number of hydroxylamine groups is 1. The molecule has 1 atom stereocenters. The van der Waals surface area contributed by atoms with Gasteiger partial charge in [-0.3, -0.25) is 14.8 Å². The van der Waals surface area contributed by atoms with E-state index in [1.54, 1.807) is 0 Å². The molecule has 26 heavy (non-hydrogen) atoms. The van der Waals surface area contributed by atoms with Crippen LogP contribution in [-0.4, -0.2) is 29.6 Å². The van der Waals surface area contributed by atoms with E-state index in [1.807, 2.05) is 31.2 Å². The summed E-state index contributed by atoms with van der Waals surface area (Å²) in [5.41, 5.74) is 9.07. The number of hydrogen-bond donors (Lipinski definition) is 4. The van der Waals surface area contributed by atoms with Crippen LogP contribution < -0.4 is 16.5 Å². The lowest BCUT2D eigenvalue weighted by Crippen LogP contribution is -2.50. The second-order valence-corrected chi connectivity index (χ2v) is 5.48. The second-order valence-electron chi connectivity index (χ2n) is 5.48. The van der Waals surface area contributed by atoms with Gasteiger partial charge in [-0.15, -0.1) is 0 Å². The van der Waals surface area contributed by atoms with Crippen LogP contribution in [-0.2, 0) is 11.2 Å². The molecule has 0 radical (unpaired) electrons. The number of carbonyl (C=O) groups is 2. The maximum atomic E-state index is 14.4. The van der Waals surface area contributed by atoms with E-state index in [0.717, 1.165) is 18.1 Å². The van der Waals surface area contributed by atoms with Crippen molar-refractivity contribution >= 4 is 11.8 Å². The summed E-state index contributed by atoms with van der Waals surface area (Å²) >= 11 is 0. The number of rotatable bonds is 6. The molecule has 2 amide bonds. The van der Waals surface area contributed by atoms with E-state index in [0.29, 0.717) is 11.1 Å². The molecule has 5 N–H and O–H groups in total. The molecule has 0 unspecified atom stereocenters. The van der Waals surface area contributed by atoms with Crippen molar-refractivity contribution in [1.82, 2.24) is 10.8 Å². The fraction of sp³-hybridized carbons (Fsp3) is 0.263. The second kappa shape index (κ2) is 9.65. The topological polar surface area (TPSA) is 104 Å². The van der Waals surface area contributed by atoms with Crippen LogP contribution in [0.3, 0.4) is 0 Å². The van der Waals surface area contributed by atoms with Gasteiger partial charge in [0, 0.05) is 17.7 Å². The first-order chi connectivity index (χ1) is 12.0. The van der Waals surface area contributed by atoms with Crippen molar-refractivity contribution in [2.75, 3.05) is 6.54 Å². The van der Waals surface area contributed by atoms with E-state index in [1.165, 1.54) is 17.6 Å². The Balaban J connectivity index is 0.00000338. The lowest BCUT2D eigenvalue weighted by atomic mass is 10.0. The van der Waals surface area contributed by atoms with Crippen molar-refractivity contribution in [3.05, 3.63) is 59.4 Å². The van der Waals surface area contributed by atoms with Gasteiger partial charge >= 0.3 is 0 Å². The minimum absolute atomic E-state index is 0. The van der Waals surface area contributed by atoms with E-state index in [-0.39, 0.29) is 19.5 Å². The van der Waals surface area contributed by atoms with Gasteiger partial charge in [0.05, 0.1) is 0 Å². The molecular formula is C19H24FN3O3. The van der Waals surface area contributed by atoms with E-state index < -0.39 is 23.7 Å². The summed E-state index contributed by atoms with van der Waals surface area (Å²) in [6.07, 6.45) is 0.894. The molecule has 0 bridgehead atoms. The Morgan fingerprint density at radius 2 is 1.85 bits per heavy atom. The molecule has 2 rings (SSSR count). The van der Waals surface area contributed by atoms with Crippen molar-refractivity contribution < 1.29 is 19.2 Å². The van der Waals surface area contributed by atoms with Crippen LogP contribution in [0.15, 0.2) is 42.5 Å². The third-order valence-electron chi connectivity index (χ3n) is 3.87. The van der Waals surface area contributed by atoms with E-state index in [9.17, 15) is 14.0 Å². The average molecular weight is 361 g/mol. The minimum Gasteiger partial charge on any atom is -0.339 e. The Kier molecular flexibility index (Phi) is 7.89. The first-order valence-corrected chi connectivity index (χ1v) is 7.83. The average Bonchev–Trinajstić information content (AvgIpc) is 2.65. The van der Waals surface area contributed by atoms with Crippen LogP contribution in [0.2, 0.25) is 0 Å². The van der Waals surface area contributed by atoms with E-state index >= 15 is 0 Å². The van der Waals surface area contributed by atoms with Crippen molar-refractivity contribution in [2.24, 2.45) is 5.73 Å². The number of carbonyl (C=O) groups excluding carboxylic acids is 2. The minimum atomic E-state index is -1.11. The molecule has 0 aliphatic carbocycles. The summed E-state index contributed by atoms with van der Waals surface area (Å²) in [5, 5.41) is 10.9. The van der Waals surface area contributed by atoms with Gasteiger partial charge in [-0.1, -0.05) is 44.7 Å². The van der Waals surface area contributed by atoms with Crippen LogP contribution in [0, 0.1) is 5.82 Å². The van der Waals surface area contributed by atoms with Crippen molar-refractivity contribution in [2.45, 2.75) is 26.8 Å². The maximum Gasteiger partial charge on any atom is 0.267 e. The fourth-order valence-electron chi connectivity index (χ4n) is 2.36. The van der Waals surface area contributed by atoms with Crippen molar-refractivity contribution in [3.63, 3.8) is 0 Å². The molecule has 2 aromatic rings. The summed E-state index contributed by atoms with van der Waals surface area (Å²) in [7, 11) is 0. The number of nitrogens with one attached hydrogen (secondary N) is 2. The predicted octanol–water partition coefficient (Wildman–Crippen LogP) is 2.25. The van der Waals surface area contributed by atoms with Crippen LogP contribution in [0.25, 0.3) is 11.1 Å². The summed E-state index contributed by atoms with van der Waals surface area (Å²) in [4.78, 5) is 23.5. The fourth-order valence-corrected chi connectivity index (χ4v) is 2.36. The molecule has 0 saturated carbocycles. The van der Waals surface area contributed by atoms with Gasteiger partial charge in [0.25, 0.3) is 11.8 Å². The Bertz CT molecular complexity index is 763. The molecular weight excluding hydrogens is 337 g/mol. The summed E-state index contributed by atoms with van der Waals surface area (Å²) in [6, 6.07) is 10.5.